The van der Waals surface area contributed by atoms with Crippen molar-refractivity contribution in [1.82, 2.24) is 4.90 Å². The Kier molecular flexibility index (Phi) is 5.93. The molecule has 0 saturated carbocycles. The van der Waals surface area contributed by atoms with E-state index in [1.54, 1.807) is 6.07 Å². The molecular weight excluding hydrogens is 401 g/mol. The van der Waals surface area contributed by atoms with Crippen molar-refractivity contribution in [3.8, 4) is 0 Å². The number of carbonyl (C=O) groups is 1. The van der Waals surface area contributed by atoms with Crippen LogP contribution in [0.3, 0.4) is 0 Å². The van der Waals surface area contributed by atoms with Crippen molar-refractivity contribution >= 4 is 40.5 Å². The fourth-order valence-corrected chi connectivity index (χ4v) is 4.49. The Morgan fingerprint density at radius 2 is 1.73 bits per heavy atom. The maximum atomic E-state index is 14.2. The number of amides is 1. The van der Waals surface area contributed by atoms with E-state index in [-0.39, 0.29) is 30.6 Å². The predicted octanol–water partition coefficient (Wildman–Crippen LogP) is 4.26. The van der Waals surface area contributed by atoms with E-state index in [0.717, 1.165) is 50.3 Å². The topological polar surface area (TPSA) is 35.6 Å². The maximum Gasteiger partial charge on any atom is 0.228 e. The molecule has 3 aromatic carbocycles. The zero-order valence-electron chi connectivity index (χ0n) is 16.7. The molecule has 30 heavy (non-hydrogen) atoms. The van der Waals surface area contributed by atoms with Gasteiger partial charge in [0.05, 0.1) is 12.1 Å². The fourth-order valence-electron chi connectivity index (χ4n) is 4.49. The standard InChI is InChI=1S/C24H24FN3O.ClH/c25-21-15-17(14-19-16-23(29)26-24(19)21)8-9-27-10-12-28(13-11-27)22-7-3-5-18-4-1-2-6-20(18)22;/h1-7,14-15H,8-13,16H2,(H,26,29);1H. The summed E-state index contributed by atoms with van der Waals surface area (Å²) in [6, 6.07) is 18.6. The summed E-state index contributed by atoms with van der Waals surface area (Å²) in [5.74, 6) is -0.440. The van der Waals surface area contributed by atoms with Gasteiger partial charge in [-0.15, -0.1) is 12.4 Å². The van der Waals surface area contributed by atoms with Crippen LogP contribution < -0.4 is 10.2 Å². The fraction of sp³-hybridized carbons (Fsp3) is 0.292. The molecule has 1 fully saturated rings. The van der Waals surface area contributed by atoms with Gasteiger partial charge in [-0.3, -0.25) is 9.69 Å². The number of anilines is 2. The van der Waals surface area contributed by atoms with E-state index >= 15 is 0 Å². The molecule has 5 rings (SSSR count). The Balaban J connectivity index is 0.00000218. The first kappa shape index (κ1) is 20.6. The summed E-state index contributed by atoms with van der Waals surface area (Å²) < 4.78 is 14.2. The van der Waals surface area contributed by atoms with Crippen LogP contribution >= 0.6 is 12.4 Å². The molecule has 1 N–H and O–H groups in total. The van der Waals surface area contributed by atoms with E-state index in [9.17, 15) is 9.18 Å². The van der Waals surface area contributed by atoms with Gasteiger partial charge in [0.25, 0.3) is 0 Å². The van der Waals surface area contributed by atoms with Crippen molar-refractivity contribution < 1.29 is 9.18 Å². The second kappa shape index (κ2) is 8.62. The molecule has 0 spiro atoms. The van der Waals surface area contributed by atoms with Crippen molar-refractivity contribution in [1.29, 1.82) is 0 Å². The normalized spacial score (nSPS) is 16.3. The second-order valence-corrected chi connectivity index (χ2v) is 7.91. The SMILES string of the molecule is Cl.O=C1Cc2cc(CCN3CCN(c4cccc5ccccc45)CC3)cc(F)c2N1. The predicted molar refractivity (Wildman–Crippen MR) is 122 cm³/mol. The molecule has 1 amide bonds. The van der Waals surface area contributed by atoms with Gasteiger partial charge in [-0.25, -0.2) is 4.39 Å². The lowest BCUT2D eigenvalue weighted by Crippen LogP contribution is -2.47. The van der Waals surface area contributed by atoms with E-state index in [0.29, 0.717) is 5.69 Å². The van der Waals surface area contributed by atoms with E-state index < -0.39 is 0 Å². The number of nitrogens with one attached hydrogen (secondary N) is 1. The zero-order chi connectivity index (χ0) is 19.8. The molecule has 0 unspecified atom stereocenters. The van der Waals surface area contributed by atoms with Crippen LogP contribution in [0.15, 0.2) is 54.6 Å². The van der Waals surface area contributed by atoms with Gasteiger partial charge in [0.1, 0.15) is 5.82 Å². The van der Waals surface area contributed by atoms with Crippen molar-refractivity contribution in [2.24, 2.45) is 0 Å². The summed E-state index contributed by atoms with van der Waals surface area (Å²) in [5, 5.41) is 5.18. The van der Waals surface area contributed by atoms with Crippen LogP contribution in [0.4, 0.5) is 15.8 Å². The van der Waals surface area contributed by atoms with Crippen LogP contribution in [0.2, 0.25) is 0 Å². The average Bonchev–Trinajstić information content (AvgIpc) is 3.13. The summed E-state index contributed by atoms with van der Waals surface area (Å²) in [7, 11) is 0. The highest BCUT2D eigenvalue weighted by molar-refractivity contribution is 5.99. The first-order valence-corrected chi connectivity index (χ1v) is 10.2. The van der Waals surface area contributed by atoms with Gasteiger partial charge in [-0.1, -0.05) is 42.5 Å². The summed E-state index contributed by atoms with van der Waals surface area (Å²) in [5.41, 5.74) is 3.42. The molecule has 3 aromatic rings. The van der Waals surface area contributed by atoms with Gasteiger partial charge in [-0.05, 0) is 35.1 Å². The molecule has 2 aliphatic rings. The first-order chi connectivity index (χ1) is 14.2. The molecule has 6 heteroatoms. The lowest BCUT2D eigenvalue weighted by Gasteiger charge is -2.36. The van der Waals surface area contributed by atoms with Gasteiger partial charge < -0.3 is 10.2 Å². The van der Waals surface area contributed by atoms with Crippen molar-refractivity contribution in [3.05, 3.63) is 71.5 Å². The second-order valence-electron chi connectivity index (χ2n) is 7.91. The van der Waals surface area contributed by atoms with Crippen LogP contribution in [0.1, 0.15) is 11.1 Å². The Morgan fingerprint density at radius 3 is 2.57 bits per heavy atom. The number of hydrogen-bond acceptors (Lipinski definition) is 3. The lowest BCUT2D eigenvalue weighted by atomic mass is 10.0. The number of nitrogens with zero attached hydrogens (tertiary/aromatic N) is 2. The molecule has 0 radical (unpaired) electrons. The molecule has 4 nitrogen and oxygen atoms in total. The Bertz CT molecular complexity index is 1070. The molecule has 0 aliphatic carbocycles. The molecule has 2 aliphatic heterocycles. The number of piperazine rings is 1. The first-order valence-electron chi connectivity index (χ1n) is 10.2. The highest BCUT2D eigenvalue weighted by atomic mass is 35.5. The van der Waals surface area contributed by atoms with E-state index in [1.165, 1.54) is 16.5 Å². The molecule has 0 atom stereocenters. The Labute approximate surface area is 182 Å². The van der Waals surface area contributed by atoms with Crippen LogP contribution in [-0.4, -0.2) is 43.5 Å². The Hall–Kier alpha value is -2.63. The lowest BCUT2D eigenvalue weighted by molar-refractivity contribution is -0.115. The number of benzene rings is 3. The van der Waals surface area contributed by atoms with Gasteiger partial charge in [0.2, 0.25) is 5.91 Å². The Morgan fingerprint density at radius 1 is 0.967 bits per heavy atom. The van der Waals surface area contributed by atoms with Crippen molar-refractivity contribution in [2.45, 2.75) is 12.8 Å². The van der Waals surface area contributed by atoms with E-state index in [1.807, 2.05) is 6.07 Å². The van der Waals surface area contributed by atoms with Crippen molar-refractivity contribution in [2.75, 3.05) is 42.9 Å². The highest BCUT2D eigenvalue weighted by Crippen LogP contribution is 2.29. The third-order valence-electron chi connectivity index (χ3n) is 6.04. The van der Waals surface area contributed by atoms with Gasteiger partial charge in [-0.2, -0.15) is 0 Å². The smallest absolute Gasteiger partial charge is 0.228 e. The quantitative estimate of drug-likeness (QED) is 0.678. The van der Waals surface area contributed by atoms with Crippen LogP contribution in [0.5, 0.6) is 0 Å². The third kappa shape index (κ3) is 4.00. The minimum atomic E-state index is -0.316. The molecule has 156 valence electrons. The monoisotopic (exact) mass is 425 g/mol. The molecular formula is C24H25ClFN3O. The summed E-state index contributed by atoms with van der Waals surface area (Å²) >= 11 is 0. The molecule has 1 saturated heterocycles. The largest absolute Gasteiger partial charge is 0.368 e. The summed E-state index contributed by atoms with van der Waals surface area (Å²) in [6.45, 7) is 4.88. The van der Waals surface area contributed by atoms with Gasteiger partial charge >= 0.3 is 0 Å². The van der Waals surface area contributed by atoms with Gasteiger partial charge in [0, 0.05) is 43.8 Å². The molecule has 0 bridgehead atoms. The highest BCUT2D eigenvalue weighted by Gasteiger charge is 2.23. The zero-order valence-corrected chi connectivity index (χ0v) is 17.6. The minimum Gasteiger partial charge on any atom is -0.368 e. The van der Waals surface area contributed by atoms with Crippen molar-refractivity contribution in [3.63, 3.8) is 0 Å². The summed E-state index contributed by atoms with van der Waals surface area (Å²) in [6.07, 6.45) is 1.08. The number of rotatable bonds is 4. The van der Waals surface area contributed by atoms with Gasteiger partial charge in [0.15, 0.2) is 0 Å². The average molecular weight is 426 g/mol. The van der Waals surface area contributed by atoms with E-state index in [4.69, 9.17) is 0 Å². The van der Waals surface area contributed by atoms with E-state index in [2.05, 4.69) is 57.6 Å². The number of fused-ring (bicyclic) bond motifs is 2. The summed E-state index contributed by atoms with van der Waals surface area (Å²) in [4.78, 5) is 16.4. The van der Waals surface area contributed by atoms with Crippen LogP contribution in [-0.2, 0) is 17.6 Å². The van der Waals surface area contributed by atoms with Crippen LogP contribution in [0.25, 0.3) is 10.8 Å². The number of halogens is 2. The third-order valence-corrected chi connectivity index (χ3v) is 6.04. The number of carbonyl (C=O) groups excluding carboxylic acids is 1. The minimum absolute atomic E-state index is 0. The molecule has 0 aromatic heterocycles. The molecule has 2 heterocycles. The van der Waals surface area contributed by atoms with Crippen LogP contribution in [0, 0.1) is 5.82 Å². The maximum absolute atomic E-state index is 14.2. The number of hydrogen-bond donors (Lipinski definition) is 1.